The van der Waals surface area contributed by atoms with Crippen molar-refractivity contribution in [3.05, 3.63) is 35.9 Å². The van der Waals surface area contributed by atoms with Crippen LogP contribution in [0, 0.1) is 5.92 Å². The SMILES string of the molecule is CC[C@]1(c2ccccc2)NC(=O)N(C[NH+]2CCC(C)CC2)C1=O. The third-order valence-corrected chi connectivity index (χ3v) is 5.34. The van der Waals surface area contributed by atoms with Crippen LogP contribution in [-0.2, 0) is 10.3 Å². The molecule has 0 bridgehead atoms. The number of benzene rings is 1. The summed E-state index contributed by atoms with van der Waals surface area (Å²) in [5.74, 6) is 0.642. The van der Waals surface area contributed by atoms with Crippen LogP contribution >= 0.6 is 0 Å². The fourth-order valence-corrected chi connectivity index (χ4v) is 3.68. The number of imide groups is 1. The highest BCUT2D eigenvalue weighted by molar-refractivity contribution is 6.07. The van der Waals surface area contributed by atoms with E-state index in [4.69, 9.17) is 0 Å². The summed E-state index contributed by atoms with van der Waals surface area (Å²) in [7, 11) is 0. The van der Waals surface area contributed by atoms with E-state index in [1.54, 1.807) is 0 Å². The monoisotopic (exact) mass is 316 g/mol. The van der Waals surface area contributed by atoms with Crippen LogP contribution in [0.5, 0.6) is 0 Å². The lowest BCUT2D eigenvalue weighted by molar-refractivity contribution is -0.913. The molecule has 2 saturated heterocycles. The molecule has 3 rings (SSSR count). The Hall–Kier alpha value is -1.88. The standard InChI is InChI=1S/C18H25N3O2/c1-3-18(15-7-5-4-6-8-15)16(22)21(17(23)19-18)13-20-11-9-14(2)10-12-20/h4-8,14H,3,9-13H2,1-2H3,(H,19,23)/p+1/t18-/m1/s1. The van der Waals surface area contributed by atoms with Crippen LogP contribution in [0.4, 0.5) is 4.79 Å². The van der Waals surface area contributed by atoms with Crippen molar-refractivity contribution >= 4 is 11.9 Å². The molecule has 3 amide bonds. The van der Waals surface area contributed by atoms with E-state index in [9.17, 15) is 9.59 Å². The molecule has 5 nitrogen and oxygen atoms in total. The summed E-state index contributed by atoms with van der Waals surface area (Å²) in [5, 5.41) is 2.96. The lowest BCUT2D eigenvalue weighted by atomic mass is 9.87. The summed E-state index contributed by atoms with van der Waals surface area (Å²) in [4.78, 5) is 28.2. The van der Waals surface area contributed by atoms with Crippen LogP contribution in [0.3, 0.4) is 0 Å². The summed E-state index contributed by atoms with van der Waals surface area (Å²) in [6.07, 6.45) is 2.89. The Bertz CT molecular complexity index is 581. The van der Waals surface area contributed by atoms with E-state index in [1.807, 2.05) is 37.3 Å². The van der Waals surface area contributed by atoms with E-state index in [1.165, 1.54) is 9.80 Å². The second kappa shape index (κ2) is 6.32. The first-order chi connectivity index (χ1) is 11.1. The van der Waals surface area contributed by atoms with Crippen LogP contribution in [0.1, 0.15) is 38.7 Å². The van der Waals surface area contributed by atoms with Gasteiger partial charge in [-0.25, -0.2) is 9.69 Å². The van der Waals surface area contributed by atoms with Crippen LogP contribution < -0.4 is 10.2 Å². The van der Waals surface area contributed by atoms with E-state index in [2.05, 4.69) is 12.2 Å². The third-order valence-electron chi connectivity index (χ3n) is 5.34. The highest BCUT2D eigenvalue weighted by Crippen LogP contribution is 2.31. The predicted octanol–water partition coefficient (Wildman–Crippen LogP) is 1.12. The van der Waals surface area contributed by atoms with Gasteiger partial charge in [0.25, 0.3) is 5.91 Å². The quantitative estimate of drug-likeness (QED) is 0.818. The van der Waals surface area contributed by atoms with Gasteiger partial charge in [-0.15, -0.1) is 0 Å². The van der Waals surface area contributed by atoms with Crippen molar-refractivity contribution in [3.8, 4) is 0 Å². The van der Waals surface area contributed by atoms with Gasteiger partial charge < -0.3 is 10.2 Å². The minimum absolute atomic E-state index is 0.109. The van der Waals surface area contributed by atoms with Crippen LogP contribution in [-0.4, -0.2) is 36.6 Å². The average molecular weight is 316 g/mol. The number of hydrogen-bond donors (Lipinski definition) is 2. The number of quaternary nitrogens is 1. The Morgan fingerprint density at radius 2 is 1.87 bits per heavy atom. The Kier molecular flexibility index (Phi) is 4.39. The van der Waals surface area contributed by atoms with Crippen molar-refractivity contribution in [2.75, 3.05) is 19.8 Å². The zero-order valence-corrected chi connectivity index (χ0v) is 14.0. The zero-order chi connectivity index (χ0) is 16.4. The number of nitrogens with one attached hydrogen (secondary N) is 2. The summed E-state index contributed by atoms with van der Waals surface area (Å²) >= 11 is 0. The maximum atomic E-state index is 13.0. The van der Waals surface area contributed by atoms with Crippen molar-refractivity contribution in [2.45, 2.75) is 38.6 Å². The molecular formula is C18H26N3O2+. The Balaban J connectivity index is 1.79. The van der Waals surface area contributed by atoms with Crippen molar-refractivity contribution in [1.82, 2.24) is 10.2 Å². The first-order valence-corrected chi connectivity index (χ1v) is 8.60. The number of urea groups is 1. The number of piperidine rings is 1. The lowest BCUT2D eigenvalue weighted by Gasteiger charge is -2.30. The Morgan fingerprint density at radius 3 is 2.48 bits per heavy atom. The van der Waals surface area contributed by atoms with Crippen LogP contribution in [0.25, 0.3) is 0 Å². The highest BCUT2D eigenvalue weighted by Gasteiger charge is 2.52. The molecule has 1 aromatic carbocycles. The largest absolute Gasteiger partial charge is 0.329 e. The summed E-state index contributed by atoms with van der Waals surface area (Å²) in [6, 6.07) is 9.32. The van der Waals surface area contributed by atoms with Gasteiger partial charge >= 0.3 is 6.03 Å². The molecule has 0 aliphatic carbocycles. The first-order valence-electron chi connectivity index (χ1n) is 8.60. The van der Waals surface area contributed by atoms with Gasteiger partial charge in [0.1, 0.15) is 5.54 Å². The van der Waals surface area contributed by atoms with E-state index in [0.717, 1.165) is 37.4 Å². The fourth-order valence-electron chi connectivity index (χ4n) is 3.68. The summed E-state index contributed by atoms with van der Waals surface area (Å²) in [5.41, 5.74) is -0.0356. The lowest BCUT2D eigenvalue weighted by Crippen LogP contribution is -3.14. The fraction of sp³-hybridized carbons (Fsp3) is 0.556. The molecule has 2 N–H and O–H groups in total. The Morgan fingerprint density at radius 1 is 1.22 bits per heavy atom. The van der Waals surface area contributed by atoms with E-state index >= 15 is 0 Å². The molecule has 0 radical (unpaired) electrons. The van der Waals surface area contributed by atoms with Crippen molar-refractivity contribution in [2.24, 2.45) is 5.92 Å². The topological polar surface area (TPSA) is 53.9 Å². The molecule has 1 atom stereocenters. The number of carbonyl (C=O) groups excluding carboxylic acids is 2. The van der Waals surface area contributed by atoms with Gasteiger partial charge in [-0.3, -0.25) is 4.79 Å². The van der Waals surface area contributed by atoms with Crippen LogP contribution in [0.15, 0.2) is 30.3 Å². The van der Waals surface area contributed by atoms with Gasteiger partial charge in [-0.05, 0) is 30.7 Å². The molecule has 5 heteroatoms. The molecule has 124 valence electrons. The highest BCUT2D eigenvalue weighted by atomic mass is 16.2. The van der Waals surface area contributed by atoms with Crippen molar-refractivity contribution in [1.29, 1.82) is 0 Å². The number of rotatable bonds is 4. The molecule has 0 spiro atoms. The number of amides is 3. The van der Waals surface area contributed by atoms with Crippen LogP contribution in [0.2, 0.25) is 0 Å². The molecule has 2 aliphatic heterocycles. The maximum Gasteiger partial charge on any atom is 0.329 e. The van der Waals surface area contributed by atoms with Gasteiger partial charge in [0.05, 0.1) is 13.1 Å². The molecular weight excluding hydrogens is 290 g/mol. The smallest absolute Gasteiger partial charge is 0.319 e. The molecule has 2 fully saturated rings. The minimum Gasteiger partial charge on any atom is -0.319 e. The number of hydrogen-bond acceptors (Lipinski definition) is 2. The molecule has 23 heavy (non-hydrogen) atoms. The number of likely N-dealkylation sites (tertiary alicyclic amines) is 1. The summed E-state index contributed by atoms with van der Waals surface area (Å²) < 4.78 is 0. The predicted molar refractivity (Wildman–Crippen MR) is 87.8 cm³/mol. The van der Waals surface area contributed by atoms with Crippen molar-refractivity contribution < 1.29 is 14.5 Å². The van der Waals surface area contributed by atoms with Gasteiger partial charge in [-0.2, -0.15) is 0 Å². The van der Waals surface area contributed by atoms with Crippen molar-refractivity contribution in [3.63, 3.8) is 0 Å². The van der Waals surface area contributed by atoms with Gasteiger partial charge in [0.2, 0.25) is 0 Å². The zero-order valence-electron chi connectivity index (χ0n) is 14.0. The van der Waals surface area contributed by atoms with E-state index in [-0.39, 0.29) is 11.9 Å². The van der Waals surface area contributed by atoms with E-state index < -0.39 is 5.54 Å². The Labute approximate surface area is 137 Å². The van der Waals surface area contributed by atoms with Gasteiger partial charge in [-0.1, -0.05) is 44.2 Å². The molecule has 0 unspecified atom stereocenters. The summed E-state index contributed by atoms with van der Waals surface area (Å²) in [6.45, 7) is 6.75. The molecule has 2 heterocycles. The number of carbonyl (C=O) groups is 2. The normalized spacial score (nSPS) is 31.3. The second-order valence-electron chi connectivity index (χ2n) is 6.88. The molecule has 0 aromatic heterocycles. The number of nitrogens with zero attached hydrogens (tertiary/aromatic N) is 1. The van der Waals surface area contributed by atoms with E-state index in [0.29, 0.717) is 13.1 Å². The first kappa shape index (κ1) is 16.0. The minimum atomic E-state index is -0.902. The maximum absolute atomic E-state index is 13.0. The molecule has 1 aromatic rings. The third kappa shape index (κ3) is 2.85. The second-order valence-corrected chi connectivity index (χ2v) is 6.88. The average Bonchev–Trinajstić information content (AvgIpc) is 2.83. The van der Waals surface area contributed by atoms with Gasteiger partial charge in [0.15, 0.2) is 6.67 Å². The van der Waals surface area contributed by atoms with Gasteiger partial charge in [0, 0.05) is 0 Å². The molecule has 0 saturated carbocycles. The molecule has 2 aliphatic rings.